The van der Waals surface area contributed by atoms with E-state index >= 15 is 0 Å². The molecule has 0 unspecified atom stereocenters. The van der Waals surface area contributed by atoms with E-state index in [2.05, 4.69) is 10.1 Å². The van der Waals surface area contributed by atoms with Gasteiger partial charge in [0.05, 0.1) is 5.69 Å². The first kappa shape index (κ1) is 15.0. The monoisotopic (exact) mass is 326 g/mol. The molecule has 0 spiro atoms. The maximum atomic E-state index is 11.1. The molecule has 0 aliphatic heterocycles. The Morgan fingerprint density at radius 1 is 1.26 bits per heavy atom. The van der Waals surface area contributed by atoms with Crippen molar-refractivity contribution >= 4 is 22.9 Å². The molecule has 0 radical (unpaired) electrons. The average molecular weight is 326 g/mol. The number of hydrogen-bond acceptors (Lipinski definition) is 5. The van der Waals surface area contributed by atoms with Crippen LogP contribution in [0.15, 0.2) is 53.5 Å². The Labute approximate surface area is 136 Å². The van der Waals surface area contributed by atoms with E-state index in [1.54, 1.807) is 60.3 Å². The highest BCUT2D eigenvalue weighted by atomic mass is 32.1. The third-order valence-electron chi connectivity index (χ3n) is 3.18. The number of hydrogen-bond donors (Lipinski definition) is 2. The Hall–Kier alpha value is -2.93. The van der Waals surface area contributed by atoms with Crippen molar-refractivity contribution in [2.24, 2.45) is 17.8 Å². The number of phenols is 1. The summed E-state index contributed by atoms with van der Waals surface area (Å²) in [7, 11) is 1.80. The van der Waals surface area contributed by atoms with Crippen LogP contribution in [0.1, 0.15) is 10.4 Å². The summed E-state index contributed by atoms with van der Waals surface area (Å²) >= 11 is 1.41. The van der Waals surface area contributed by atoms with Gasteiger partial charge in [-0.25, -0.2) is 9.67 Å². The van der Waals surface area contributed by atoms with E-state index in [9.17, 15) is 9.90 Å². The van der Waals surface area contributed by atoms with Gasteiger partial charge in [0.15, 0.2) is 0 Å². The van der Waals surface area contributed by atoms with Crippen molar-refractivity contribution < 1.29 is 9.90 Å². The van der Waals surface area contributed by atoms with E-state index in [0.29, 0.717) is 16.1 Å². The summed E-state index contributed by atoms with van der Waals surface area (Å²) in [6, 6.07) is 13.7. The van der Waals surface area contributed by atoms with Crippen molar-refractivity contribution in [3.05, 3.63) is 58.9 Å². The topological polar surface area (TPSA) is 93.5 Å². The number of primary amides is 1. The van der Waals surface area contributed by atoms with Gasteiger partial charge in [-0.05, 0) is 24.3 Å². The fourth-order valence-corrected chi connectivity index (χ4v) is 2.93. The second kappa shape index (κ2) is 6.05. The number of amides is 1. The Morgan fingerprint density at radius 3 is 2.65 bits per heavy atom. The van der Waals surface area contributed by atoms with Crippen LogP contribution in [-0.4, -0.2) is 20.8 Å². The fourth-order valence-electron chi connectivity index (χ4n) is 2.01. The summed E-state index contributed by atoms with van der Waals surface area (Å²) in [4.78, 5) is 16.3. The molecule has 1 amide bonds. The number of aryl methyl sites for hydroxylation is 1. The lowest BCUT2D eigenvalue weighted by molar-refractivity contribution is 0.100. The fraction of sp³-hybridized carbons (Fsp3) is 0.0625. The Balaban J connectivity index is 1.99. The Kier molecular flexibility index (Phi) is 3.94. The predicted octanol–water partition coefficient (Wildman–Crippen LogP) is 2.19. The number of nitrogens with zero attached hydrogens (tertiary/aromatic N) is 3. The van der Waals surface area contributed by atoms with Crippen LogP contribution < -0.4 is 10.5 Å². The lowest BCUT2D eigenvalue weighted by atomic mass is 10.1. The van der Waals surface area contributed by atoms with Crippen LogP contribution in [0.5, 0.6) is 5.75 Å². The smallest absolute Gasteiger partial charge is 0.248 e. The van der Waals surface area contributed by atoms with Crippen LogP contribution >= 0.6 is 11.3 Å². The van der Waals surface area contributed by atoms with Gasteiger partial charge < -0.3 is 10.8 Å². The third-order valence-corrected chi connectivity index (χ3v) is 4.23. The molecular weight excluding hydrogens is 312 g/mol. The standard InChI is InChI=1S/C16H14N4O2S/c1-20-16(18-12-3-2-4-13(21)9-12)23-15(19-20)11-7-5-10(6-8-11)14(17)22/h2-9,21H,1H3,(H2,17,22). The van der Waals surface area contributed by atoms with Crippen LogP contribution in [0.2, 0.25) is 0 Å². The molecular formula is C16H14N4O2S. The molecule has 3 rings (SSSR count). The number of carbonyl (C=O) groups is 1. The van der Waals surface area contributed by atoms with Gasteiger partial charge in [0, 0.05) is 24.2 Å². The minimum Gasteiger partial charge on any atom is -0.508 e. The van der Waals surface area contributed by atoms with E-state index in [0.717, 1.165) is 10.6 Å². The minimum atomic E-state index is -0.458. The number of carbonyl (C=O) groups excluding carboxylic acids is 1. The third kappa shape index (κ3) is 3.29. The maximum Gasteiger partial charge on any atom is 0.248 e. The Bertz CT molecular complexity index is 926. The van der Waals surface area contributed by atoms with Crippen LogP contribution in [0.3, 0.4) is 0 Å². The van der Waals surface area contributed by atoms with Crippen molar-refractivity contribution in [1.82, 2.24) is 9.78 Å². The average Bonchev–Trinajstić information content (AvgIpc) is 2.88. The minimum absolute atomic E-state index is 0.167. The van der Waals surface area contributed by atoms with Crippen molar-refractivity contribution in [2.75, 3.05) is 0 Å². The largest absolute Gasteiger partial charge is 0.508 e. The second-order valence-electron chi connectivity index (χ2n) is 4.89. The summed E-state index contributed by atoms with van der Waals surface area (Å²) in [5, 5.41) is 14.7. The van der Waals surface area contributed by atoms with Gasteiger partial charge in [0.1, 0.15) is 10.8 Å². The van der Waals surface area contributed by atoms with Crippen molar-refractivity contribution in [3.63, 3.8) is 0 Å². The normalized spacial score (nSPS) is 11.6. The van der Waals surface area contributed by atoms with Crippen molar-refractivity contribution in [2.45, 2.75) is 0 Å². The highest BCUT2D eigenvalue weighted by Gasteiger charge is 2.07. The summed E-state index contributed by atoms with van der Waals surface area (Å²) in [6.07, 6.45) is 0. The van der Waals surface area contributed by atoms with Gasteiger partial charge in [0.2, 0.25) is 10.7 Å². The van der Waals surface area contributed by atoms with E-state index in [-0.39, 0.29) is 5.75 Å². The quantitative estimate of drug-likeness (QED) is 0.772. The number of aromatic hydroxyl groups is 1. The molecule has 3 N–H and O–H groups in total. The van der Waals surface area contributed by atoms with Crippen LogP contribution in [0.25, 0.3) is 10.6 Å². The number of phenolic OH excluding ortho intramolecular Hbond substituents is 1. The number of nitrogens with two attached hydrogens (primary N) is 1. The molecule has 0 saturated heterocycles. The first-order valence-electron chi connectivity index (χ1n) is 6.81. The lowest BCUT2D eigenvalue weighted by Gasteiger charge is -1.97. The molecule has 0 bridgehead atoms. The molecule has 0 aliphatic carbocycles. The Morgan fingerprint density at radius 2 is 2.00 bits per heavy atom. The molecule has 0 atom stereocenters. The molecule has 6 nitrogen and oxygen atoms in total. The molecule has 0 saturated carbocycles. The van der Waals surface area contributed by atoms with Crippen LogP contribution in [0, 0.1) is 0 Å². The first-order chi connectivity index (χ1) is 11.0. The molecule has 2 aromatic carbocycles. The van der Waals surface area contributed by atoms with Crippen molar-refractivity contribution in [1.29, 1.82) is 0 Å². The van der Waals surface area contributed by atoms with Crippen molar-refractivity contribution in [3.8, 4) is 16.3 Å². The summed E-state index contributed by atoms with van der Waals surface area (Å²) < 4.78 is 1.67. The molecule has 23 heavy (non-hydrogen) atoms. The summed E-state index contributed by atoms with van der Waals surface area (Å²) in [5.74, 6) is -0.290. The van der Waals surface area contributed by atoms with E-state index < -0.39 is 5.91 Å². The van der Waals surface area contributed by atoms with Gasteiger partial charge in [-0.1, -0.05) is 29.5 Å². The zero-order chi connectivity index (χ0) is 16.4. The molecule has 1 aromatic heterocycles. The zero-order valence-electron chi connectivity index (χ0n) is 12.3. The van der Waals surface area contributed by atoms with E-state index in [4.69, 9.17) is 5.73 Å². The van der Waals surface area contributed by atoms with Crippen LogP contribution in [-0.2, 0) is 7.05 Å². The van der Waals surface area contributed by atoms with E-state index in [1.807, 2.05) is 0 Å². The lowest BCUT2D eigenvalue weighted by Crippen LogP contribution is -2.10. The zero-order valence-corrected chi connectivity index (χ0v) is 13.1. The van der Waals surface area contributed by atoms with Gasteiger partial charge in [0.25, 0.3) is 0 Å². The second-order valence-corrected chi connectivity index (χ2v) is 5.84. The molecule has 7 heteroatoms. The molecule has 3 aromatic rings. The summed E-state index contributed by atoms with van der Waals surface area (Å²) in [5.41, 5.74) is 7.23. The molecule has 1 heterocycles. The number of aromatic nitrogens is 2. The van der Waals surface area contributed by atoms with E-state index in [1.165, 1.54) is 11.3 Å². The summed E-state index contributed by atoms with van der Waals surface area (Å²) in [6.45, 7) is 0. The highest BCUT2D eigenvalue weighted by molar-refractivity contribution is 7.12. The molecule has 116 valence electrons. The SMILES string of the molecule is Cn1nc(-c2ccc(C(N)=O)cc2)sc1=Nc1cccc(O)c1. The number of rotatable bonds is 3. The van der Waals surface area contributed by atoms with Gasteiger partial charge in [-0.3, -0.25) is 4.79 Å². The van der Waals surface area contributed by atoms with Gasteiger partial charge in [-0.2, -0.15) is 5.10 Å². The predicted molar refractivity (Wildman–Crippen MR) is 88.4 cm³/mol. The highest BCUT2D eigenvalue weighted by Crippen LogP contribution is 2.21. The first-order valence-corrected chi connectivity index (χ1v) is 7.63. The molecule has 0 aliphatic rings. The molecule has 0 fully saturated rings. The number of benzene rings is 2. The van der Waals surface area contributed by atoms with Gasteiger partial charge in [-0.15, -0.1) is 0 Å². The van der Waals surface area contributed by atoms with Crippen LogP contribution in [0.4, 0.5) is 5.69 Å². The maximum absolute atomic E-state index is 11.1. The van der Waals surface area contributed by atoms with Gasteiger partial charge >= 0.3 is 0 Å².